The van der Waals surface area contributed by atoms with Crippen LogP contribution in [0, 0.1) is 0 Å². The van der Waals surface area contributed by atoms with Gasteiger partial charge in [-0.05, 0) is 38.6 Å². The van der Waals surface area contributed by atoms with Gasteiger partial charge in [0.15, 0.2) is 0 Å². The minimum atomic E-state index is -3.44. The summed E-state index contributed by atoms with van der Waals surface area (Å²) in [6.07, 6.45) is 1.74. The van der Waals surface area contributed by atoms with Crippen LogP contribution in [0.15, 0.2) is 29.2 Å². The lowest BCUT2D eigenvalue weighted by Gasteiger charge is -2.22. The van der Waals surface area contributed by atoms with E-state index >= 15 is 0 Å². The van der Waals surface area contributed by atoms with Crippen LogP contribution in [0.4, 0.5) is 5.69 Å². The summed E-state index contributed by atoms with van der Waals surface area (Å²) in [5.41, 5.74) is 0.743. The Hall–Kier alpha value is -1.11. The zero-order chi connectivity index (χ0) is 15.0. The summed E-state index contributed by atoms with van der Waals surface area (Å²) in [6, 6.07) is 7.12. The molecule has 0 saturated heterocycles. The molecule has 20 heavy (non-hydrogen) atoms. The number of hydrogen-bond acceptors (Lipinski definition) is 4. The number of sulfonamides is 1. The molecule has 0 spiro atoms. The van der Waals surface area contributed by atoms with Crippen LogP contribution in [0.25, 0.3) is 0 Å². The summed E-state index contributed by atoms with van der Waals surface area (Å²) >= 11 is 0. The van der Waals surface area contributed by atoms with Crippen LogP contribution >= 0.6 is 0 Å². The van der Waals surface area contributed by atoms with Gasteiger partial charge in [0.25, 0.3) is 0 Å². The number of nitrogens with zero attached hydrogens (tertiary/aromatic N) is 1. The Balaban J connectivity index is 2.92. The molecule has 6 heteroatoms. The van der Waals surface area contributed by atoms with E-state index in [0.29, 0.717) is 11.4 Å². The molecule has 0 aromatic heterocycles. The van der Waals surface area contributed by atoms with Crippen molar-refractivity contribution in [1.82, 2.24) is 10.0 Å². The van der Waals surface area contributed by atoms with Crippen molar-refractivity contribution in [2.45, 2.75) is 24.7 Å². The van der Waals surface area contributed by atoms with Crippen molar-refractivity contribution in [3.05, 3.63) is 24.3 Å². The number of rotatable bonds is 9. The molecule has 2 N–H and O–H groups in total. The van der Waals surface area contributed by atoms with Gasteiger partial charge in [-0.3, -0.25) is 0 Å². The molecule has 0 saturated carbocycles. The van der Waals surface area contributed by atoms with Crippen molar-refractivity contribution in [1.29, 1.82) is 0 Å². The third kappa shape index (κ3) is 4.77. The number of para-hydroxylation sites is 1. The van der Waals surface area contributed by atoms with Crippen LogP contribution in [0.1, 0.15) is 19.8 Å². The maximum atomic E-state index is 12.3. The molecule has 0 radical (unpaired) electrons. The van der Waals surface area contributed by atoms with Crippen LogP contribution in [-0.4, -0.2) is 42.1 Å². The van der Waals surface area contributed by atoms with E-state index in [0.717, 1.165) is 31.6 Å². The fourth-order valence-corrected chi connectivity index (χ4v) is 3.31. The summed E-state index contributed by atoms with van der Waals surface area (Å²) in [4.78, 5) is 2.33. The highest BCUT2D eigenvalue weighted by atomic mass is 32.2. The molecular formula is C14H25N3O2S. The number of hydrogen-bond donors (Lipinski definition) is 2. The minimum absolute atomic E-state index is 0.348. The van der Waals surface area contributed by atoms with Crippen molar-refractivity contribution in [2.24, 2.45) is 0 Å². The predicted molar refractivity (Wildman–Crippen MR) is 83.7 cm³/mol. The van der Waals surface area contributed by atoms with Gasteiger partial charge in [0.05, 0.1) is 5.69 Å². The Morgan fingerprint density at radius 2 is 1.90 bits per heavy atom. The summed E-state index contributed by atoms with van der Waals surface area (Å²) in [7, 11) is 0.394. The van der Waals surface area contributed by atoms with Crippen molar-refractivity contribution < 1.29 is 8.42 Å². The first kappa shape index (κ1) is 16.9. The lowest BCUT2D eigenvalue weighted by atomic mass is 10.3. The van der Waals surface area contributed by atoms with Crippen LogP contribution in [-0.2, 0) is 10.0 Å². The van der Waals surface area contributed by atoms with Crippen molar-refractivity contribution in [2.75, 3.05) is 38.6 Å². The van der Waals surface area contributed by atoms with Crippen molar-refractivity contribution >= 4 is 15.7 Å². The largest absolute Gasteiger partial charge is 0.373 e. The second-order valence-corrected chi connectivity index (χ2v) is 6.48. The van der Waals surface area contributed by atoms with E-state index in [9.17, 15) is 8.42 Å². The van der Waals surface area contributed by atoms with Gasteiger partial charge >= 0.3 is 0 Å². The maximum absolute atomic E-state index is 12.3. The second kappa shape index (κ2) is 8.24. The summed E-state index contributed by atoms with van der Waals surface area (Å²) < 4.78 is 27.2. The third-order valence-electron chi connectivity index (χ3n) is 3.03. The summed E-state index contributed by atoms with van der Waals surface area (Å²) in [6.45, 7) is 4.12. The van der Waals surface area contributed by atoms with Gasteiger partial charge in [0.2, 0.25) is 10.0 Å². The average Bonchev–Trinajstić information content (AvgIpc) is 2.45. The highest BCUT2D eigenvalue weighted by Gasteiger charge is 2.19. The maximum Gasteiger partial charge on any atom is 0.242 e. The van der Waals surface area contributed by atoms with Gasteiger partial charge < -0.3 is 10.2 Å². The van der Waals surface area contributed by atoms with Gasteiger partial charge in [0.1, 0.15) is 4.90 Å². The van der Waals surface area contributed by atoms with Crippen LogP contribution in [0.2, 0.25) is 0 Å². The molecule has 0 heterocycles. The molecule has 0 atom stereocenters. The van der Waals surface area contributed by atoms with Crippen molar-refractivity contribution in [3.63, 3.8) is 0 Å². The summed E-state index contributed by atoms with van der Waals surface area (Å²) in [5.74, 6) is 0. The predicted octanol–water partition coefficient (Wildman–Crippen LogP) is 1.42. The molecule has 0 amide bonds. The van der Waals surface area contributed by atoms with Gasteiger partial charge in [-0.25, -0.2) is 13.1 Å². The standard InChI is InChI=1S/C14H25N3O2S/c1-4-10-16-20(18,19)14-9-6-5-8-13(14)17(3)12-7-11-15-2/h5-6,8-9,15-16H,4,7,10-12H2,1-3H3. The summed E-state index contributed by atoms with van der Waals surface area (Å²) in [5, 5.41) is 3.09. The first-order valence-corrected chi connectivity index (χ1v) is 8.45. The topological polar surface area (TPSA) is 61.4 Å². The van der Waals surface area contributed by atoms with Gasteiger partial charge in [-0.2, -0.15) is 0 Å². The first-order valence-electron chi connectivity index (χ1n) is 6.97. The molecule has 0 unspecified atom stereocenters. The number of benzene rings is 1. The fraction of sp³-hybridized carbons (Fsp3) is 0.571. The Kier molecular flexibility index (Phi) is 6.98. The first-order chi connectivity index (χ1) is 9.53. The molecule has 0 bridgehead atoms. The molecule has 0 aliphatic heterocycles. The fourth-order valence-electron chi connectivity index (χ4n) is 1.93. The van der Waals surface area contributed by atoms with Crippen LogP contribution in [0.5, 0.6) is 0 Å². The third-order valence-corrected chi connectivity index (χ3v) is 4.54. The lowest BCUT2D eigenvalue weighted by molar-refractivity contribution is 0.580. The van der Waals surface area contributed by atoms with E-state index in [1.54, 1.807) is 12.1 Å². The van der Waals surface area contributed by atoms with E-state index in [4.69, 9.17) is 0 Å². The van der Waals surface area contributed by atoms with Gasteiger partial charge in [-0.1, -0.05) is 19.1 Å². The molecule has 5 nitrogen and oxygen atoms in total. The monoisotopic (exact) mass is 299 g/mol. The molecule has 1 aromatic rings. The van der Waals surface area contributed by atoms with Gasteiger partial charge in [0, 0.05) is 20.1 Å². The molecule has 0 fully saturated rings. The molecule has 1 rings (SSSR count). The lowest BCUT2D eigenvalue weighted by Crippen LogP contribution is -2.28. The Bertz CT molecular complexity index is 503. The Morgan fingerprint density at radius 1 is 1.20 bits per heavy atom. The minimum Gasteiger partial charge on any atom is -0.373 e. The average molecular weight is 299 g/mol. The van der Waals surface area contributed by atoms with E-state index in [1.165, 1.54) is 0 Å². The normalized spacial score (nSPS) is 11.6. The molecule has 0 aliphatic rings. The Labute approximate surface area is 122 Å². The molecule has 0 aliphatic carbocycles. The molecule has 114 valence electrons. The smallest absolute Gasteiger partial charge is 0.242 e. The molecule has 1 aromatic carbocycles. The van der Waals surface area contributed by atoms with Gasteiger partial charge in [-0.15, -0.1) is 0 Å². The second-order valence-electron chi connectivity index (χ2n) is 4.74. The van der Waals surface area contributed by atoms with Crippen molar-refractivity contribution in [3.8, 4) is 0 Å². The number of nitrogens with one attached hydrogen (secondary N) is 2. The molecular weight excluding hydrogens is 274 g/mol. The zero-order valence-corrected chi connectivity index (χ0v) is 13.3. The van der Waals surface area contributed by atoms with E-state index < -0.39 is 10.0 Å². The highest BCUT2D eigenvalue weighted by Crippen LogP contribution is 2.23. The van der Waals surface area contributed by atoms with Crippen LogP contribution < -0.4 is 14.9 Å². The SMILES string of the molecule is CCCNS(=O)(=O)c1ccccc1N(C)CCCNC. The number of anilines is 1. The highest BCUT2D eigenvalue weighted by molar-refractivity contribution is 7.89. The quantitative estimate of drug-likeness (QED) is 0.677. The van der Waals surface area contributed by atoms with Crippen LogP contribution in [0.3, 0.4) is 0 Å². The van der Waals surface area contributed by atoms with E-state index in [-0.39, 0.29) is 0 Å². The Morgan fingerprint density at radius 3 is 2.55 bits per heavy atom. The zero-order valence-electron chi connectivity index (χ0n) is 12.5. The van der Waals surface area contributed by atoms with E-state index in [2.05, 4.69) is 10.0 Å². The van der Waals surface area contributed by atoms with E-state index in [1.807, 2.05) is 38.1 Å².